The Morgan fingerprint density at radius 1 is 1.59 bits per heavy atom. The van der Waals surface area contributed by atoms with Crippen molar-refractivity contribution >= 4 is 6.20 Å². The SMILES string of the molecule is NC1(CO)CCN(C2NC=Cn3cccc32)C1. The molecule has 0 saturated carbocycles. The third-order valence-corrected chi connectivity index (χ3v) is 3.68. The van der Waals surface area contributed by atoms with Gasteiger partial charge in [0.25, 0.3) is 0 Å². The van der Waals surface area contributed by atoms with E-state index in [0.29, 0.717) is 0 Å². The van der Waals surface area contributed by atoms with Crippen molar-refractivity contribution in [2.75, 3.05) is 19.7 Å². The van der Waals surface area contributed by atoms with Gasteiger partial charge >= 0.3 is 0 Å². The molecule has 5 nitrogen and oxygen atoms in total. The average Bonchev–Trinajstić information content (AvgIpc) is 2.95. The Morgan fingerprint density at radius 3 is 3.24 bits per heavy atom. The lowest BCUT2D eigenvalue weighted by molar-refractivity contribution is 0.165. The minimum atomic E-state index is -0.444. The Hall–Kier alpha value is -1.30. The zero-order valence-corrected chi connectivity index (χ0v) is 9.71. The molecule has 0 aliphatic carbocycles. The highest BCUT2D eigenvalue weighted by atomic mass is 16.3. The number of aromatic nitrogens is 1. The number of aliphatic hydroxyl groups excluding tert-OH is 1. The Kier molecular flexibility index (Phi) is 2.47. The number of nitrogens with two attached hydrogens (primary N) is 1. The molecule has 1 fully saturated rings. The number of likely N-dealkylation sites (tertiary alicyclic amines) is 1. The third kappa shape index (κ3) is 1.76. The number of nitrogens with zero attached hydrogens (tertiary/aromatic N) is 2. The number of hydrogen-bond acceptors (Lipinski definition) is 4. The predicted octanol–water partition coefficient (Wildman–Crippen LogP) is -0.0864. The lowest BCUT2D eigenvalue weighted by Crippen LogP contribution is -2.48. The van der Waals surface area contributed by atoms with Crippen LogP contribution in [0.3, 0.4) is 0 Å². The predicted molar refractivity (Wildman–Crippen MR) is 65.8 cm³/mol. The largest absolute Gasteiger partial charge is 0.394 e. The lowest BCUT2D eigenvalue weighted by atomic mass is 10.0. The third-order valence-electron chi connectivity index (χ3n) is 3.68. The molecular formula is C12H18N4O. The van der Waals surface area contributed by atoms with Crippen molar-refractivity contribution in [2.45, 2.75) is 18.1 Å². The first kappa shape index (κ1) is 10.8. The van der Waals surface area contributed by atoms with E-state index in [0.717, 1.165) is 19.5 Å². The Labute approximate surface area is 101 Å². The van der Waals surface area contributed by atoms with Gasteiger partial charge in [0.1, 0.15) is 6.17 Å². The maximum absolute atomic E-state index is 9.31. The second-order valence-corrected chi connectivity index (χ2v) is 4.97. The molecule has 0 aromatic carbocycles. The van der Waals surface area contributed by atoms with E-state index < -0.39 is 5.54 Å². The lowest BCUT2D eigenvalue weighted by Gasteiger charge is -2.32. The van der Waals surface area contributed by atoms with Gasteiger partial charge < -0.3 is 20.7 Å². The molecule has 92 valence electrons. The van der Waals surface area contributed by atoms with E-state index in [1.165, 1.54) is 5.69 Å². The summed E-state index contributed by atoms with van der Waals surface area (Å²) in [5.74, 6) is 0. The van der Waals surface area contributed by atoms with Crippen LogP contribution in [0.25, 0.3) is 6.20 Å². The van der Waals surface area contributed by atoms with E-state index in [4.69, 9.17) is 5.73 Å². The van der Waals surface area contributed by atoms with E-state index in [2.05, 4.69) is 20.9 Å². The number of fused-ring (bicyclic) bond motifs is 1. The monoisotopic (exact) mass is 234 g/mol. The van der Waals surface area contributed by atoms with Crippen LogP contribution in [0.5, 0.6) is 0 Å². The van der Waals surface area contributed by atoms with Gasteiger partial charge in [-0.2, -0.15) is 0 Å². The van der Waals surface area contributed by atoms with Gasteiger partial charge in [-0.25, -0.2) is 0 Å². The summed E-state index contributed by atoms with van der Waals surface area (Å²) in [7, 11) is 0. The van der Waals surface area contributed by atoms with Crippen molar-refractivity contribution in [1.29, 1.82) is 0 Å². The van der Waals surface area contributed by atoms with Crippen LogP contribution in [0.4, 0.5) is 0 Å². The molecule has 3 rings (SSSR count). The summed E-state index contributed by atoms with van der Waals surface area (Å²) in [6.07, 6.45) is 6.99. The minimum absolute atomic E-state index is 0.0487. The standard InChI is InChI=1S/C12H18N4O/c13-12(9-17)3-6-16(8-12)11-10-2-1-5-15(10)7-4-14-11/h1-2,4-5,7,11,14,17H,3,6,8-9,13H2. The first-order chi connectivity index (χ1) is 8.22. The maximum atomic E-state index is 9.31. The van der Waals surface area contributed by atoms with Gasteiger partial charge in [0.15, 0.2) is 0 Å². The molecule has 2 aliphatic rings. The highest BCUT2D eigenvalue weighted by molar-refractivity contribution is 5.33. The second kappa shape index (κ2) is 3.87. The molecule has 0 radical (unpaired) electrons. The number of rotatable bonds is 2. The fourth-order valence-corrected chi connectivity index (χ4v) is 2.65. The molecule has 3 heterocycles. The summed E-state index contributed by atoms with van der Waals surface area (Å²) in [5.41, 5.74) is 6.88. The van der Waals surface area contributed by atoms with Crippen LogP contribution in [-0.4, -0.2) is 39.8 Å². The normalized spacial score (nSPS) is 32.5. The van der Waals surface area contributed by atoms with Crippen molar-refractivity contribution in [3.8, 4) is 0 Å². The summed E-state index contributed by atoms with van der Waals surface area (Å²) >= 11 is 0. The van der Waals surface area contributed by atoms with Crippen LogP contribution in [-0.2, 0) is 0 Å². The molecule has 1 aromatic rings. The zero-order chi connectivity index (χ0) is 11.9. The van der Waals surface area contributed by atoms with Gasteiger partial charge in [-0.1, -0.05) is 0 Å². The topological polar surface area (TPSA) is 66.5 Å². The van der Waals surface area contributed by atoms with E-state index >= 15 is 0 Å². The van der Waals surface area contributed by atoms with Crippen molar-refractivity contribution in [1.82, 2.24) is 14.8 Å². The highest BCUT2D eigenvalue weighted by Crippen LogP contribution is 2.28. The first-order valence-corrected chi connectivity index (χ1v) is 5.95. The zero-order valence-electron chi connectivity index (χ0n) is 9.71. The van der Waals surface area contributed by atoms with Gasteiger partial charge in [0.2, 0.25) is 0 Å². The number of aliphatic hydroxyl groups is 1. The second-order valence-electron chi connectivity index (χ2n) is 4.97. The van der Waals surface area contributed by atoms with E-state index in [1.807, 2.05) is 24.7 Å². The van der Waals surface area contributed by atoms with E-state index in [1.54, 1.807) is 0 Å². The van der Waals surface area contributed by atoms with Crippen molar-refractivity contribution in [2.24, 2.45) is 5.73 Å². The van der Waals surface area contributed by atoms with Crippen LogP contribution in [0.1, 0.15) is 18.3 Å². The van der Waals surface area contributed by atoms with Gasteiger partial charge in [0.05, 0.1) is 17.8 Å². The molecule has 2 aliphatic heterocycles. The molecule has 1 aromatic heterocycles. The molecule has 1 saturated heterocycles. The molecule has 2 atom stereocenters. The van der Waals surface area contributed by atoms with Crippen LogP contribution in [0, 0.1) is 0 Å². The maximum Gasteiger partial charge on any atom is 0.121 e. The molecule has 0 spiro atoms. The molecule has 2 unspecified atom stereocenters. The quantitative estimate of drug-likeness (QED) is 0.669. The smallest absolute Gasteiger partial charge is 0.121 e. The highest BCUT2D eigenvalue weighted by Gasteiger charge is 2.38. The fourth-order valence-electron chi connectivity index (χ4n) is 2.65. The summed E-state index contributed by atoms with van der Waals surface area (Å²) in [6.45, 7) is 1.68. The van der Waals surface area contributed by atoms with Gasteiger partial charge in [0, 0.05) is 31.7 Å². The Balaban J connectivity index is 1.81. The van der Waals surface area contributed by atoms with Crippen LogP contribution >= 0.6 is 0 Å². The van der Waals surface area contributed by atoms with Crippen molar-refractivity contribution < 1.29 is 5.11 Å². The average molecular weight is 234 g/mol. The molecule has 4 N–H and O–H groups in total. The number of hydrogen-bond donors (Lipinski definition) is 3. The van der Waals surface area contributed by atoms with Crippen LogP contribution < -0.4 is 11.1 Å². The summed E-state index contributed by atoms with van der Waals surface area (Å²) in [4.78, 5) is 2.28. The summed E-state index contributed by atoms with van der Waals surface area (Å²) in [6, 6.07) is 4.15. The minimum Gasteiger partial charge on any atom is -0.394 e. The molecule has 5 heteroatoms. The molecule has 0 bridgehead atoms. The van der Waals surface area contributed by atoms with Crippen LogP contribution in [0.2, 0.25) is 0 Å². The number of nitrogens with one attached hydrogen (secondary N) is 1. The van der Waals surface area contributed by atoms with E-state index in [-0.39, 0.29) is 12.8 Å². The fraction of sp³-hybridized carbons (Fsp3) is 0.500. The van der Waals surface area contributed by atoms with E-state index in [9.17, 15) is 5.11 Å². The van der Waals surface area contributed by atoms with Gasteiger partial charge in [-0.15, -0.1) is 0 Å². The Bertz CT molecular complexity index is 441. The van der Waals surface area contributed by atoms with Crippen LogP contribution in [0.15, 0.2) is 24.5 Å². The summed E-state index contributed by atoms with van der Waals surface area (Å²) in [5, 5.41) is 12.7. The Morgan fingerprint density at radius 2 is 2.47 bits per heavy atom. The van der Waals surface area contributed by atoms with Crippen molar-refractivity contribution in [3.05, 3.63) is 30.2 Å². The summed E-state index contributed by atoms with van der Waals surface area (Å²) < 4.78 is 2.11. The molecule has 0 amide bonds. The molecule has 17 heavy (non-hydrogen) atoms. The van der Waals surface area contributed by atoms with Gasteiger partial charge in [-0.3, -0.25) is 4.90 Å². The molecular weight excluding hydrogens is 216 g/mol. The first-order valence-electron chi connectivity index (χ1n) is 5.95. The van der Waals surface area contributed by atoms with Gasteiger partial charge in [-0.05, 0) is 18.6 Å². The van der Waals surface area contributed by atoms with Crippen molar-refractivity contribution in [3.63, 3.8) is 0 Å².